The minimum absolute atomic E-state index is 0.265. The van der Waals surface area contributed by atoms with E-state index < -0.39 is 5.97 Å². The molecule has 0 saturated carbocycles. The van der Waals surface area contributed by atoms with Crippen molar-refractivity contribution < 1.29 is 9.90 Å². The van der Waals surface area contributed by atoms with Crippen LogP contribution in [0, 0.1) is 12.8 Å². The van der Waals surface area contributed by atoms with Crippen molar-refractivity contribution in [1.29, 1.82) is 0 Å². The molecule has 100 valence electrons. The number of nitrogens with zero attached hydrogens (tertiary/aromatic N) is 2. The minimum Gasteiger partial charge on any atom is -0.481 e. The monoisotopic (exact) mass is 251 g/mol. The first-order chi connectivity index (χ1) is 8.49. The normalized spacial score (nSPS) is 13.9. The van der Waals surface area contributed by atoms with E-state index in [9.17, 15) is 4.79 Å². The molecule has 1 heterocycles. The summed E-state index contributed by atoms with van der Waals surface area (Å²) in [6.45, 7) is 5.74. The van der Waals surface area contributed by atoms with E-state index in [4.69, 9.17) is 5.11 Å². The Morgan fingerprint density at radius 2 is 2.11 bits per heavy atom. The van der Waals surface area contributed by atoms with Gasteiger partial charge in [0.05, 0.1) is 5.92 Å². The van der Waals surface area contributed by atoms with E-state index >= 15 is 0 Å². The lowest BCUT2D eigenvalue weighted by atomic mass is 10.0. The number of hydrogen-bond acceptors (Lipinski definition) is 4. The van der Waals surface area contributed by atoms with Gasteiger partial charge in [-0.2, -0.15) is 0 Å². The van der Waals surface area contributed by atoms with Crippen molar-refractivity contribution in [1.82, 2.24) is 9.97 Å². The van der Waals surface area contributed by atoms with E-state index in [2.05, 4.69) is 22.2 Å². The summed E-state index contributed by atoms with van der Waals surface area (Å²) in [6, 6.07) is 2.18. The summed E-state index contributed by atoms with van der Waals surface area (Å²) in [6.07, 6.45) is 4.08. The van der Waals surface area contributed by atoms with E-state index in [0.29, 0.717) is 6.42 Å². The van der Waals surface area contributed by atoms with Gasteiger partial charge in [0.25, 0.3) is 0 Å². The average molecular weight is 251 g/mol. The quantitative estimate of drug-likeness (QED) is 0.778. The van der Waals surface area contributed by atoms with Crippen molar-refractivity contribution in [3.63, 3.8) is 0 Å². The molecule has 2 atom stereocenters. The zero-order valence-corrected chi connectivity index (χ0v) is 11.2. The third kappa shape index (κ3) is 5.12. The number of carbonyl (C=O) groups is 1. The Bertz CT molecular complexity index is 396. The first-order valence-electron chi connectivity index (χ1n) is 6.27. The summed E-state index contributed by atoms with van der Waals surface area (Å²) >= 11 is 0. The zero-order chi connectivity index (χ0) is 13.5. The van der Waals surface area contributed by atoms with Crippen molar-refractivity contribution >= 4 is 11.8 Å². The first kappa shape index (κ1) is 14.4. The summed E-state index contributed by atoms with van der Waals surface area (Å²) in [7, 11) is 0. The van der Waals surface area contributed by atoms with Crippen molar-refractivity contribution in [3.05, 3.63) is 18.1 Å². The van der Waals surface area contributed by atoms with Gasteiger partial charge in [-0.05, 0) is 26.7 Å². The van der Waals surface area contributed by atoms with Gasteiger partial charge in [-0.1, -0.05) is 13.3 Å². The van der Waals surface area contributed by atoms with Crippen molar-refractivity contribution in [2.75, 3.05) is 5.32 Å². The molecular weight excluding hydrogens is 230 g/mol. The van der Waals surface area contributed by atoms with Crippen LogP contribution in [0.4, 0.5) is 5.82 Å². The van der Waals surface area contributed by atoms with E-state index in [-0.39, 0.29) is 12.0 Å². The SMILES string of the molecule is Cc1cc(NC(C)CCCC(C)C(=O)O)ncn1. The summed E-state index contributed by atoms with van der Waals surface area (Å²) in [5.74, 6) is -0.165. The molecule has 0 spiro atoms. The smallest absolute Gasteiger partial charge is 0.306 e. The van der Waals surface area contributed by atoms with Gasteiger partial charge in [-0.25, -0.2) is 9.97 Å². The van der Waals surface area contributed by atoms with Crippen LogP contribution in [0.15, 0.2) is 12.4 Å². The largest absolute Gasteiger partial charge is 0.481 e. The highest BCUT2D eigenvalue weighted by Crippen LogP contribution is 2.12. The lowest BCUT2D eigenvalue weighted by Gasteiger charge is -2.15. The third-order valence-electron chi connectivity index (χ3n) is 2.89. The van der Waals surface area contributed by atoms with Crippen molar-refractivity contribution in [3.8, 4) is 0 Å². The second-order valence-corrected chi connectivity index (χ2v) is 4.76. The Kier molecular flexibility index (Phi) is 5.55. The molecule has 0 aliphatic rings. The molecule has 2 unspecified atom stereocenters. The number of aromatic nitrogens is 2. The first-order valence-corrected chi connectivity index (χ1v) is 6.27. The molecular formula is C13H21N3O2. The van der Waals surface area contributed by atoms with Gasteiger partial charge in [-0.15, -0.1) is 0 Å². The second-order valence-electron chi connectivity index (χ2n) is 4.76. The molecule has 0 fully saturated rings. The fraction of sp³-hybridized carbons (Fsp3) is 0.615. The van der Waals surface area contributed by atoms with Crippen LogP contribution in [0.2, 0.25) is 0 Å². The van der Waals surface area contributed by atoms with Crippen molar-refractivity contribution in [2.24, 2.45) is 5.92 Å². The molecule has 0 amide bonds. The fourth-order valence-corrected chi connectivity index (χ4v) is 1.71. The van der Waals surface area contributed by atoms with Gasteiger partial charge in [-0.3, -0.25) is 4.79 Å². The summed E-state index contributed by atoms with van der Waals surface area (Å²) in [5.41, 5.74) is 0.930. The molecule has 0 aliphatic carbocycles. The number of hydrogen-bond donors (Lipinski definition) is 2. The van der Waals surface area contributed by atoms with Gasteiger partial charge in [0.2, 0.25) is 0 Å². The molecule has 1 aromatic rings. The molecule has 2 N–H and O–H groups in total. The molecule has 18 heavy (non-hydrogen) atoms. The van der Waals surface area contributed by atoms with Crippen LogP contribution >= 0.6 is 0 Å². The van der Waals surface area contributed by atoms with E-state index in [1.165, 1.54) is 6.33 Å². The summed E-state index contributed by atoms with van der Waals surface area (Å²) < 4.78 is 0. The molecule has 5 nitrogen and oxygen atoms in total. The molecule has 5 heteroatoms. The Balaban J connectivity index is 2.29. The number of aryl methyl sites for hydroxylation is 1. The van der Waals surface area contributed by atoms with Crippen molar-refractivity contribution in [2.45, 2.75) is 46.1 Å². The van der Waals surface area contributed by atoms with Gasteiger partial charge in [0, 0.05) is 17.8 Å². The highest BCUT2D eigenvalue weighted by Gasteiger charge is 2.11. The predicted octanol–water partition coefficient (Wildman–Crippen LogP) is 2.48. The topological polar surface area (TPSA) is 75.1 Å². The standard InChI is InChI=1S/C13H21N3O2/c1-9(13(17)18)5-4-6-10(2)16-12-7-11(3)14-8-15-12/h7-10H,4-6H2,1-3H3,(H,17,18)(H,14,15,16). The number of rotatable bonds is 7. The average Bonchev–Trinajstić information content (AvgIpc) is 2.28. The fourth-order valence-electron chi connectivity index (χ4n) is 1.71. The van der Waals surface area contributed by atoms with E-state index in [0.717, 1.165) is 24.4 Å². The minimum atomic E-state index is -0.720. The Morgan fingerprint density at radius 1 is 1.39 bits per heavy atom. The van der Waals surface area contributed by atoms with Gasteiger partial charge < -0.3 is 10.4 Å². The van der Waals surface area contributed by atoms with E-state index in [1.54, 1.807) is 6.92 Å². The molecule has 0 aromatic carbocycles. The molecule has 0 radical (unpaired) electrons. The van der Waals surface area contributed by atoms with E-state index in [1.807, 2.05) is 13.0 Å². The Hall–Kier alpha value is -1.65. The Labute approximate surface area is 108 Å². The van der Waals surface area contributed by atoms with Gasteiger partial charge in [0.15, 0.2) is 0 Å². The zero-order valence-electron chi connectivity index (χ0n) is 11.2. The van der Waals surface area contributed by atoms with Crippen LogP contribution in [-0.4, -0.2) is 27.1 Å². The molecule has 0 saturated heterocycles. The molecule has 0 bridgehead atoms. The highest BCUT2D eigenvalue weighted by molar-refractivity contribution is 5.69. The summed E-state index contributed by atoms with van der Waals surface area (Å²) in [4.78, 5) is 18.8. The Morgan fingerprint density at radius 3 is 2.72 bits per heavy atom. The van der Waals surface area contributed by atoms with Crippen LogP contribution in [-0.2, 0) is 4.79 Å². The van der Waals surface area contributed by atoms with Crippen LogP contribution in [0.3, 0.4) is 0 Å². The van der Waals surface area contributed by atoms with Crippen LogP contribution in [0.1, 0.15) is 38.8 Å². The molecule has 1 rings (SSSR count). The lowest BCUT2D eigenvalue weighted by molar-refractivity contribution is -0.141. The number of carboxylic acids is 1. The van der Waals surface area contributed by atoms with Crippen LogP contribution in [0.25, 0.3) is 0 Å². The number of nitrogens with one attached hydrogen (secondary N) is 1. The second kappa shape index (κ2) is 6.93. The number of anilines is 1. The van der Waals surface area contributed by atoms with Crippen LogP contribution < -0.4 is 5.32 Å². The number of aliphatic carboxylic acids is 1. The molecule has 1 aromatic heterocycles. The van der Waals surface area contributed by atoms with Gasteiger partial charge in [0.1, 0.15) is 12.1 Å². The maximum atomic E-state index is 10.7. The van der Waals surface area contributed by atoms with Gasteiger partial charge >= 0.3 is 5.97 Å². The third-order valence-corrected chi connectivity index (χ3v) is 2.89. The highest BCUT2D eigenvalue weighted by atomic mass is 16.4. The predicted molar refractivity (Wildman–Crippen MR) is 70.5 cm³/mol. The maximum absolute atomic E-state index is 10.7. The lowest BCUT2D eigenvalue weighted by Crippen LogP contribution is -2.17. The molecule has 0 aliphatic heterocycles. The number of carboxylic acid groups (broad SMARTS) is 1. The maximum Gasteiger partial charge on any atom is 0.306 e. The van der Waals surface area contributed by atoms with Crippen LogP contribution in [0.5, 0.6) is 0 Å². The summed E-state index contributed by atoms with van der Waals surface area (Å²) in [5, 5.41) is 12.1.